The summed E-state index contributed by atoms with van der Waals surface area (Å²) in [5.41, 5.74) is 1.26. The lowest BCUT2D eigenvalue weighted by Gasteiger charge is -2.23. The molecule has 1 heterocycles. The number of likely N-dealkylation sites (N-methyl/N-ethyl adjacent to an activating group) is 1. The lowest BCUT2D eigenvalue weighted by Crippen LogP contribution is -2.35. The van der Waals surface area contributed by atoms with E-state index in [0.29, 0.717) is 6.04 Å². The van der Waals surface area contributed by atoms with E-state index in [2.05, 4.69) is 49.2 Å². The standard InChI is InChI=1S/C13H26N4/c1-5-12(3)16(4)10-9-14-11-13-7-8-15-17(13)6-2/h7-8,12,14H,5-6,9-11H2,1-4H3. The van der Waals surface area contributed by atoms with Crippen molar-refractivity contribution in [3.8, 4) is 0 Å². The summed E-state index contributed by atoms with van der Waals surface area (Å²) in [7, 11) is 2.19. The number of aromatic nitrogens is 2. The van der Waals surface area contributed by atoms with Crippen LogP contribution in [0.25, 0.3) is 0 Å². The van der Waals surface area contributed by atoms with Crippen LogP contribution in [-0.2, 0) is 13.1 Å². The molecule has 0 spiro atoms. The van der Waals surface area contributed by atoms with Crippen LogP contribution < -0.4 is 5.32 Å². The van der Waals surface area contributed by atoms with Crippen LogP contribution in [-0.4, -0.2) is 40.9 Å². The third kappa shape index (κ3) is 4.48. The molecule has 1 aromatic heterocycles. The molecular weight excluding hydrogens is 212 g/mol. The van der Waals surface area contributed by atoms with E-state index in [4.69, 9.17) is 0 Å². The Balaban J connectivity index is 2.20. The average molecular weight is 238 g/mol. The molecule has 1 atom stereocenters. The van der Waals surface area contributed by atoms with Gasteiger partial charge >= 0.3 is 0 Å². The van der Waals surface area contributed by atoms with E-state index in [9.17, 15) is 0 Å². The predicted molar refractivity (Wildman–Crippen MR) is 72.0 cm³/mol. The van der Waals surface area contributed by atoms with E-state index in [-0.39, 0.29) is 0 Å². The molecule has 1 aromatic rings. The lowest BCUT2D eigenvalue weighted by molar-refractivity contribution is 0.251. The molecular formula is C13H26N4. The van der Waals surface area contributed by atoms with Crippen LogP contribution in [0.4, 0.5) is 0 Å². The maximum Gasteiger partial charge on any atom is 0.0521 e. The lowest BCUT2D eigenvalue weighted by atomic mass is 10.2. The van der Waals surface area contributed by atoms with E-state index < -0.39 is 0 Å². The highest BCUT2D eigenvalue weighted by molar-refractivity contribution is 4.99. The van der Waals surface area contributed by atoms with Gasteiger partial charge in [-0.1, -0.05) is 6.92 Å². The van der Waals surface area contributed by atoms with Crippen molar-refractivity contribution in [1.29, 1.82) is 0 Å². The van der Waals surface area contributed by atoms with Gasteiger partial charge < -0.3 is 10.2 Å². The molecule has 98 valence electrons. The van der Waals surface area contributed by atoms with Crippen LogP contribution in [0, 0.1) is 0 Å². The first kappa shape index (κ1) is 14.2. The molecule has 0 radical (unpaired) electrons. The van der Waals surface area contributed by atoms with Gasteiger partial charge in [0.05, 0.1) is 5.69 Å². The van der Waals surface area contributed by atoms with Crippen LogP contribution in [0.15, 0.2) is 12.3 Å². The third-order valence-corrected chi connectivity index (χ3v) is 3.39. The summed E-state index contributed by atoms with van der Waals surface area (Å²) in [4.78, 5) is 2.39. The van der Waals surface area contributed by atoms with E-state index >= 15 is 0 Å². The van der Waals surface area contributed by atoms with Crippen molar-refractivity contribution in [2.75, 3.05) is 20.1 Å². The highest BCUT2D eigenvalue weighted by Gasteiger charge is 2.05. The molecule has 17 heavy (non-hydrogen) atoms. The summed E-state index contributed by atoms with van der Waals surface area (Å²) in [5.74, 6) is 0. The van der Waals surface area contributed by atoms with Gasteiger partial charge in [-0.2, -0.15) is 5.10 Å². The molecule has 1 unspecified atom stereocenters. The largest absolute Gasteiger partial charge is 0.310 e. The molecule has 0 amide bonds. The molecule has 0 aliphatic rings. The smallest absolute Gasteiger partial charge is 0.0521 e. The Hall–Kier alpha value is -0.870. The molecule has 0 saturated heterocycles. The topological polar surface area (TPSA) is 33.1 Å². The minimum atomic E-state index is 0.665. The van der Waals surface area contributed by atoms with Gasteiger partial charge in [0.1, 0.15) is 0 Å². The van der Waals surface area contributed by atoms with E-state index in [0.717, 1.165) is 26.2 Å². The highest BCUT2D eigenvalue weighted by atomic mass is 15.3. The predicted octanol–water partition coefficient (Wildman–Crippen LogP) is 1.72. The van der Waals surface area contributed by atoms with Crippen LogP contribution in [0.2, 0.25) is 0 Å². The van der Waals surface area contributed by atoms with Crippen molar-refractivity contribution < 1.29 is 0 Å². The number of nitrogens with zero attached hydrogens (tertiary/aromatic N) is 3. The Kier molecular flexibility index (Phi) is 6.22. The number of rotatable bonds is 8. The molecule has 0 aromatic carbocycles. The summed E-state index contributed by atoms with van der Waals surface area (Å²) >= 11 is 0. The number of hydrogen-bond donors (Lipinski definition) is 1. The number of hydrogen-bond acceptors (Lipinski definition) is 3. The number of nitrogens with one attached hydrogen (secondary N) is 1. The quantitative estimate of drug-likeness (QED) is 0.700. The molecule has 4 heteroatoms. The maximum absolute atomic E-state index is 4.26. The second-order valence-corrected chi connectivity index (χ2v) is 4.55. The summed E-state index contributed by atoms with van der Waals surface area (Å²) in [6, 6.07) is 2.74. The Morgan fingerprint density at radius 3 is 2.88 bits per heavy atom. The van der Waals surface area contributed by atoms with Gasteiger partial charge in [0.2, 0.25) is 0 Å². The Labute approximate surface area is 105 Å². The molecule has 0 aliphatic carbocycles. The molecule has 4 nitrogen and oxygen atoms in total. The van der Waals surface area contributed by atoms with Crippen LogP contribution in [0.5, 0.6) is 0 Å². The summed E-state index contributed by atoms with van der Waals surface area (Å²) in [6.45, 7) is 10.6. The monoisotopic (exact) mass is 238 g/mol. The summed E-state index contributed by atoms with van der Waals surface area (Å²) in [6.07, 6.45) is 3.07. The number of aryl methyl sites for hydroxylation is 1. The van der Waals surface area contributed by atoms with Crippen molar-refractivity contribution in [1.82, 2.24) is 20.0 Å². The fourth-order valence-electron chi connectivity index (χ4n) is 1.80. The van der Waals surface area contributed by atoms with Crippen molar-refractivity contribution in [2.24, 2.45) is 0 Å². The van der Waals surface area contributed by atoms with E-state index in [1.54, 1.807) is 0 Å². The first-order chi connectivity index (χ1) is 8.19. The molecule has 0 bridgehead atoms. The third-order valence-electron chi connectivity index (χ3n) is 3.39. The van der Waals surface area contributed by atoms with Crippen LogP contribution >= 0.6 is 0 Å². The first-order valence-corrected chi connectivity index (χ1v) is 6.60. The Morgan fingerprint density at radius 1 is 1.47 bits per heavy atom. The zero-order valence-electron chi connectivity index (χ0n) is 11.6. The van der Waals surface area contributed by atoms with Crippen molar-refractivity contribution in [3.05, 3.63) is 18.0 Å². The fraction of sp³-hybridized carbons (Fsp3) is 0.769. The van der Waals surface area contributed by atoms with Crippen LogP contribution in [0.3, 0.4) is 0 Å². The highest BCUT2D eigenvalue weighted by Crippen LogP contribution is 2.00. The van der Waals surface area contributed by atoms with Gasteiger partial charge in [0, 0.05) is 38.4 Å². The van der Waals surface area contributed by atoms with Gasteiger partial charge in [0.15, 0.2) is 0 Å². The first-order valence-electron chi connectivity index (χ1n) is 6.60. The van der Waals surface area contributed by atoms with Crippen molar-refractivity contribution in [3.63, 3.8) is 0 Å². The molecule has 0 saturated carbocycles. The minimum absolute atomic E-state index is 0.665. The normalized spacial score (nSPS) is 13.2. The zero-order valence-corrected chi connectivity index (χ0v) is 11.6. The Morgan fingerprint density at radius 2 is 2.24 bits per heavy atom. The zero-order chi connectivity index (χ0) is 12.7. The van der Waals surface area contributed by atoms with Crippen molar-refractivity contribution >= 4 is 0 Å². The fourth-order valence-corrected chi connectivity index (χ4v) is 1.80. The molecule has 1 N–H and O–H groups in total. The average Bonchev–Trinajstić information content (AvgIpc) is 2.80. The van der Waals surface area contributed by atoms with Gasteiger partial charge in [-0.25, -0.2) is 0 Å². The van der Waals surface area contributed by atoms with Gasteiger partial charge in [-0.3, -0.25) is 4.68 Å². The second-order valence-electron chi connectivity index (χ2n) is 4.55. The SMILES string of the molecule is CCC(C)N(C)CCNCc1ccnn1CC. The summed E-state index contributed by atoms with van der Waals surface area (Å²) in [5, 5.41) is 7.73. The Bertz CT molecular complexity index is 308. The van der Waals surface area contributed by atoms with Gasteiger partial charge in [-0.15, -0.1) is 0 Å². The van der Waals surface area contributed by atoms with Gasteiger partial charge in [0.25, 0.3) is 0 Å². The second kappa shape index (κ2) is 7.45. The summed E-state index contributed by atoms with van der Waals surface area (Å²) < 4.78 is 2.03. The maximum atomic E-state index is 4.26. The van der Waals surface area contributed by atoms with Crippen molar-refractivity contribution in [2.45, 2.75) is 46.3 Å². The van der Waals surface area contributed by atoms with Gasteiger partial charge in [-0.05, 0) is 33.4 Å². The van der Waals surface area contributed by atoms with E-state index in [1.165, 1.54) is 12.1 Å². The van der Waals surface area contributed by atoms with Crippen LogP contribution in [0.1, 0.15) is 32.9 Å². The van der Waals surface area contributed by atoms with E-state index in [1.807, 2.05) is 10.9 Å². The minimum Gasteiger partial charge on any atom is -0.310 e. The molecule has 0 fully saturated rings. The molecule has 1 rings (SSSR count). The molecule has 0 aliphatic heterocycles.